The van der Waals surface area contributed by atoms with E-state index in [0.717, 1.165) is 11.2 Å². The molecule has 8 heteroatoms. The van der Waals surface area contributed by atoms with Crippen LogP contribution in [0.2, 0.25) is 0 Å². The number of phenols is 1. The number of carbonyl (C=O) groups excluding carboxylic acids is 1. The minimum absolute atomic E-state index is 0.0228. The van der Waals surface area contributed by atoms with Crippen LogP contribution in [-0.2, 0) is 4.79 Å². The van der Waals surface area contributed by atoms with E-state index in [-0.39, 0.29) is 12.3 Å². The van der Waals surface area contributed by atoms with Crippen LogP contribution in [0.15, 0.2) is 23.3 Å². The number of hydrogen-bond acceptors (Lipinski definition) is 6. The highest BCUT2D eigenvalue weighted by atomic mass is 16.4. The SMILES string of the molecule is CCN(C(=O)O)C(=O)C=NN(C#N)c1ccc(O)c(C)c1. The number of carboxylic acid groups (broad SMARTS) is 1. The number of hydrazone groups is 1. The largest absolute Gasteiger partial charge is 0.508 e. The van der Waals surface area contributed by atoms with Gasteiger partial charge in [0.25, 0.3) is 5.91 Å². The van der Waals surface area contributed by atoms with E-state index >= 15 is 0 Å². The number of aryl methyl sites for hydroxylation is 1. The van der Waals surface area contributed by atoms with E-state index in [0.29, 0.717) is 16.2 Å². The molecule has 0 spiro atoms. The Hall–Kier alpha value is -3.08. The van der Waals surface area contributed by atoms with Gasteiger partial charge in [-0.05, 0) is 37.6 Å². The predicted octanol–water partition coefficient (Wildman–Crippen LogP) is 1.50. The molecule has 0 heterocycles. The zero-order valence-corrected chi connectivity index (χ0v) is 11.5. The van der Waals surface area contributed by atoms with E-state index < -0.39 is 12.0 Å². The predicted molar refractivity (Wildman–Crippen MR) is 74.8 cm³/mol. The average Bonchev–Trinajstić information content (AvgIpc) is 2.43. The Morgan fingerprint density at radius 1 is 1.48 bits per heavy atom. The molecule has 0 fully saturated rings. The Morgan fingerprint density at radius 2 is 2.14 bits per heavy atom. The molecule has 0 aliphatic carbocycles. The van der Waals surface area contributed by atoms with Crippen molar-refractivity contribution in [3.05, 3.63) is 23.8 Å². The number of nitrogens with zero attached hydrogens (tertiary/aromatic N) is 4. The summed E-state index contributed by atoms with van der Waals surface area (Å²) < 4.78 is 0. The molecule has 8 nitrogen and oxygen atoms in total. The summed E-state index contributed by atoms with van der Waals surface area (Å²) in [6, 6.07) is 4.35. The fourth-order valence-electron chi connectivity index (χ4n) is 1.48. The van der Waals surface area contributed by atoms with Gasteiger partial charge in [0, 0.05) is 6.54 Å². The molecule has 0 aromatic heterocycles. The number of aromatic hydroxyl groups is 1. The fourth-order valence-corrected chi connectivity index (χ4v) is 1.48. The first-order valence-corrected chi connectivity index (χ1v) is 5.98. The molecule has 1 rings (SSSR count). The molecular weight excluding hydrogens is 276 g/mol. The molecule has 0 saturated heterocycles. The molecule has 0 unspecified atom stereocenters. The van der Waals surface area contributed by atoms with Gasteiger partial charge in [-0.25, -0.2) is 9.69 Å². The van der Waals surface area contributed by atoms with Crippen molar-refractivity contribution in [2.75, 3.05) is 11.6 Å². The van der Waals surface area contributed by atoms with Gasteiger partial charge in [-0.2, -0.15) is 15.4 Å². The molecule has 0 aliphatic rings. The molecule has 110 valence electrons. The maximum absolute atomic E-state index is 11.6. The Bertz CT molecular complexity index is 621. The van der Waals surface area contributed by atoms with Crippen molar-refractivity contribution >= 4 is 23.9 Å². The third-order valence-corrected chi connectivity index (χ3v) is 2.62. The topological polar surface area (TPSA) is 117 Å². The zero-order chi connectivity index (χ0) is 16.0. The van der Waals surface area contributed by atoms with Crippen molar-refractivity contribution in [1.29, 1.82) is 5.26 Å². The first-order chi connectivity index (χ1) is 9.90. The number of phenolic OH excluding ortho intramolecular Hbond substituents is 1. The van der Waals surface area contributed by atoms with Crippen molar-refractivity contribution in [2.24, 2.45) is 5.10 Å². The molecule has 0 aliphatic heterocycles. The number of carbonyl (C=O) groups is 2. The lowest BCUT2D eigenvalue weighted by Crippen LogP contribution is -2.36. The van der Waals surface area contributed by atoms with Crippen LogP contribution < -0.4 is 5.01 Å². The second-order valence-electron chi connectivity index (χ2n) is 3.99. The molecule has 1 aromatic rings. The minimum Gasteiger partial charge on any atom is -0.508 e. The van der Waals surface area contributed by atoms with Gasteiger partial charge in [0.1, 0.15) is 12.0 Å². The quantitative estimate of drug-likeness (QED) is 0.375. The van der Waals surface area contributed by atoms with Crippen LogP contribution in [-0.4, -0.2) is 39.9 Å². The summed E-state index contributed by atoms with van der Waals surface area (Å²) in [7, 11) is 0. The summed E-state index contributed by atoms with van der Waals surface area (Å²) in [5.74, 6) is -0.777. The highest BCUT2D eigenvalue weighted by Crippen LogP contribution is 2.22. The van der Waals surface area contributed by atoms with Gasteiger partial charge in [0.05, 0.1) is 5.69 Å². The number of hydrogen-bond donors (Lipinski definition) is 2. The van der Waals surface area contributed by atoms with Gasteiger partial charge < -0.3 is 10.2 Å². The standard InChI is InChI=1S/C13H14N4O4/c1-3-16(13(20)21)12(19)7-15-17(8-14)10-4-5-11(18)9(2)6-10/h4-7,18H,3H2,1-2H3,(H,20,21). The van der Waals surface area contributed by atoms with Gasteiger partial charge in [-0.1, -0.05) is 0 Å². The van der Waals surface area contributed by atoms with E-state index in [2.05, 4.69) is 5.10 Å². The second kappa shape index (κ2) is 6.91. The fraction of sp³-hybridized carbons (Fsp3) is 0.231. The van der Waals surface area contributed by atoms with Crippen LogP contribution in [0.25, 0.3) is 0 Å². The lowest BCUT2D eigenvalue weighted by molar-refractivity contribution is -0.121. The summed E-state index contributed by atoms with van der Waals surface area (Å²) in [6.07, 6.45) is 1.10. The van der Waals surface area contributed by atoms with Crippen LogP contribution in [0, 0.1) is 18.4 Å². The van der Waals surface area contributed by atoms with Gasteiger partial charge >= 0.3 is 6.09 Å². The van der Waals surface area contributed by atoms with Gasteiger partial charge in [-0.3, -0.25) is 4.79 Å². The number of rotatable bonds is 4. The lowest BCUT2D eigenvalue weighted by Gasteiger charge is -2.13. The average molecular weight is 290 g/mol. The Kier molecular flexibility index (Phi) is 5.25. The molecule has 0 radical (unpaired) electrons. The number of benzene rings is 1. The summed E-state index contributed by atoms with van der Waals surface area (Å²) in [5.41, 5.74) is 0.880. The summed E-state index contributed by atoms with van der Waals surface area (Å²) in [6.45, 7) is 3.13. The van der Waals surface area contributed by atoms with Gasteiger partial charge in [-0.15, -0.1) is 0 Å². The Labute approximate surface area is 121 Å². The summed E-state index contributed by atoms with van der Waals surface area (Å²) in [5, 5.41) is 31.7. The minimum atomic E-state index is -1.39. The highest BCUT2D eigenvalue weighted by Gasteiger charge is 2.17. The molecule has 2 N–H and O–H groups in total. The van der Waals surface area contributed by atoms with E-state index in [9.17, 15) is 14.7 Å². The maximum Gasteiger partial charge on any atom is 0.414 e. The van der Waals surface area contributed by atoms with Crippen molar-refractivity contribution in [3.8, 4) is 11.9 Å². The van der Waals surface area contributed by atoms with Gasteiger partial charge in [0.15, 0.2) is 0 Å². The molecule has 1 aromatic carbocycles. The highest BCUT2D eigenvalue weighted by molar-refractivity contribution is 6.29. The van der Waals surface area contributed by atoms with E-state index in [1.54, 1.807) is 13.1 Å². The van der Waals surface area contributed by atoms with Crippen LogP contribution in [0.4, 0.5) is 10.5 Å². The first-order valence-electron chi connectivity index (χ1n) is 5.98. The van der Waals surface area contributed by atoms with Crippen molar-refractivity contribution in [1.82, 2.24) is 4.90 Å². The first kappa shape index (κ1) is 16.0. The monoisotopic (exact) mass is 290 g/mol. The number of amides is 2. The molecule has 21 heavy (non-hydrogen) atoms. The van der Waals surface area contributed by atoms with Gasteiger partial charge in [0.2, 0.25) is 6.19 Å². The maximum atomic E-state index is 11.6. The summed E-state index contributed by atoms with van der Waals surface area (Å²) in [4.78, 5) is 22.9. The van der Waals surface area contributed by atoms with Crippen molar-refractivity contribution in [3.63, 3.8) is 0 Å². The lowest BCUT2D eigenvalue weighted by atomic mass is 10.2. The third-order valence-electron chi connectivity index (χ3n) is 2.62. The molecule has 0 saturated carbocycles. The Balaban J connectivity index is 2.94. The van der Waals surface area contributed by atoms with Crippen molar-refractivity contribution < 1.29 is 19.8 Å². The number of nitriles is 1. The Morgan fingerprint density at radius 3 is 2.62 bits per heavy atom. The molecule has 2 amide bonds. The zero-order valence-electron chi connectivity index (χ0n) is 11.5. The second-order valence-corrected chi connectivity index (χ2v) is 3.99. The van der Waals surface area contributed by atoms with E-state index in [1.165, 1.54) is 25.1 Å². The number of anilines is 1. The van der Waals surface area contributed by atoms with Crippen LogP contribution in [0.3, 0.4) is 0 Å². The smallest absolute Gasteiger partial charge is 0.414 e. The normalized spacial score (nSPS) is 10.1. The third kappa shape index (κ3) is 3.94. The van der Waals surface area contributed by atoms with Crippen LogP contribution >= 0.6 is 0 Å². The molecular formula is C13H14N4O4. The van der Waals surface area contributed by atoms with E-state index in [1.807, 2.05) is 0 Å². The molecule has 0 bridgehead atoms. The van der Waals surface area contributed by atoms with Crippen LogP contribution in [0.5, 0.6) is 5.75 Å². The number of imide groups is 1. The van der Waals surface area contributed by atoms with Crippen molar-refractivity contribution in [2.45, 2.75) is 13.8 Å². The van der Waals surface area contributed by atoms with E-state index in [4.69, 9.17) is 10.4 Å². The molecule has 0 atom stereocenters. The van der Waals surface area contributed by atoms with Crippen LogP contribution in [0.1, 0.15) is 12.5 Å². The summed E-state index contributed by atoms with van der Waals surface area (Å²) >= 11 is 0.